The van der Waals surface area contributed by atoms with Crippen molar-refractivity contribution in [2.24, 2.45) is 5.92 Å². The van der Waals surface area contributed by atoms with Gasteiger partial charge in [0.15, 0.2) is 11.5 Å². The first-order valence-corrected chi connectivity index (χ1v) is 11.2. The fraction of sp³-hybridized carbons (Fsp3) is 0.259. The number of nitrogens with zero attached hydrogens (tertiary/aromatic N) is 1. The minimum atomic E-state index is -1.82. The molecule has 3 aromatic rings. The predicted molar refractivity (Wildman–Crippen MR) is 129 cm³/mol. The van der Waals surface area contributed by atoms with Crippen LogP contribution in [0.3, 0.4) is 0 Å². The van der Waals surface area contributed by atoms with Crippen molar-refractivity contribution in [1.29, 1.82) is 0 Å². The van der Waals surface area contributed by atoms with Crippen molar-refractivity contribution in [1.82, 2.24) is 4.98 Å². The first kappa shape index (κ1) is 27.1. The summed E-state index contributed by atoms with van der Waals surface area (Å²) in [4.78, 5) is 35.6. The Morgan fingerprint density at radius 3 is 2.22 bits per heavy atom. The van der Waals surface area contributed by atoms with Crippen LogP contribution < -0.4 is 14.2 Å². The van der Waals surface area contributed by atoms with E-state index >= 15 is 0 Å². The molecule has 1 fully saturated rings. The summed E-state index contributed by atoms with van der Waals surface area (Å²) in [6.07, 6.45) is 2.63. The monoisotopic (exact) mass is 511 g/mol. The average Bonchev–Trinajstić information content (AvgIpc) is 3.65. The molecule has 1 aliphatic carbocycles. The minimum absolute atomic E-state index is 0.121. The van der Waals surface area contributed by atoms with Gasteiger partial charge in [-0.2, -0.15) is 0 Å². The average molecular weight is 512 g/mol. The molecule has 1 aliphatic rings. The molecule has 0 radical (unpaired) electrons. The summed E-state index contributed by atoms with van der Waals surface area (Å²) in [6.45, 7) is 0.298. The highest BCUT2D eigenvalue weighted by molar-refractivity contribution is 6.27. The van der Waals surface area contributed by atoms with Gasteiger partial charge >= 0.3 is 11.9 Å². The quantitative estimate of drug-likeness (QED) is 0.414. The summed E-state index contributed by atoms with van der Waals surface area (Å²) in [6, 6.07) is 17.1. The minimum Gasteiger partial charge on any atom is -0.493 e. The third-order valence-electron chi connectivity index (χ3n) is 6.00. The molecule has 0 bridgehead atoms. The molecule has 4 rings (SSSR count). The number of methoxy groups -OCH3 is 2. The van der Waals surface area contributed by atoms with Crippen molar-refractivity contribution in [3.05, 3.63) is 83.9 Å². The van der Waals surface area contributed by atoms with Crippen molar-refractivity contribution in [2.75, 3.05) is 20.8 Å². The second-order valence-electron chi connectivity index (χ2n) is 8.30. The van der Waals surface area contributed by atoms with Crippen LogP contribution in [0.25, 0.3) is 0 Å². The van der Waals surface area contributed by atoms with E-state index in [2.05, 4.69) is 4.98 Å². The van der Waals surface area contributed by atoms with Crippen LogP contribution in [-0.2, 0) is 26.2 Å². The molecular formula is C27H26FNO8. The van der Waals surface area contributed by atoms with Gasteiger partial charge in [0.05, 0.1) is 20.8 Å². The Hall–Kier alpha value is -4.47. The van der Waals surface area contributed by atoms with Crippen molar-refractivity contribution < 1.29 is 43.2 Å². The third-order valence-corrected chi connectivity index (χ3v) is 6.00. The van der Waals surface area contributed by atoms with Crippen LogP contribution in [0, 0.1) is 11.7 Å². The number of aromatic nitrogens is 1. The number of halogens is 1. The fourth-order valence-electron chi connectivity index (χ4n) is 3.98. The van der Waals surface area contributed by atoms with Gasteiger partial charge in [-0.25, -0.2) is 14.0 Å². The first-order valence-electron chi connectivity index (χ1n) is 11.2. The van der Waals surface area contributed by atoms with Gasteiger partial charge in [-0.3, -0.25) is 9.78 Å². The number of benzene rings is 2. The molecule has 0 aliphatic heterocycles. The molecule has 37 heavy (non-hydrogen) atoms. The summed E-state index contributed by atoms with van der Waals surface area (Å²) >= 11 is 0. The Morgan fingerprint density at radius 1 is 0.973 bits per heavy atom. The second kappa shape index (κ2) is 12.0. The fourth-order valence-corrected chi connectivity index (χ4v) is 3.98. The van der Waals surface area contributed by atoms with Crippen LogP contribution in [-0.4, -0.2) is 53.7 Å². The SMILES string of the molecule is COc1ccc(C2(COc3ccc(F)cc3)CC2C(=O)Cc2ccccn2)cc1OC.O=C(O)C(=O)O. The summed E-state index contributed by atoms with van der Waals surface area (Å²) in [5.41, 5.74) is 1.21. The van der Waals surface area contributed by atoms with E-state index in [0.29, 0.717) is 30.3 Å². The Morgan fingerprint density at radius 2 is 1.65 bits per heavy atom. The Labute approximate surface area is 212 Å². The summed E-state index contributed by atoms with van der Waals surface area (Å²) in [5.74, 6) is -2.27. The molecule has 10 heteroatoms. The highest BCUT2D eigenvalue weighted by Gasteiger charge is 2.59. The number of ketones is 1. The zero-order valence-corrected chi connectivity index (χ0v) is 20.2. The van der Waals surface area contributed by atoms with Gasteiger partial charge in [-0.15, -0.1) is 0 Å². The van der Waals surface area contributed by atoms with Crippen molar-refractivity contribution in [3.8, 4) is 17.2 Å². The molecule has 2 N–H and O–H groups in total. The van der Waals surface area contributed by atoms with Crippen molar-refractivity contribution in [3.63, 3.8) is 0 Å². The second-order valence-corrected chi connectivity index (χ2v) is 8.30. The first-order chi connectivity index (χ1) is 17.7. The van der Waals surface area contributed by atoms with Crippen molar-refractivity contribution >= 4 is 17.7 Å². The lowest BCUT2D eigenvalue weighted by molar-refractivity contribution is -0.159. The Bertz CT molecular complexity index is 1240. The maximum atomic E-state index is 13.2. The number of hydrogen-bond donors (Lipinski definition) is 2. The molecule has 9 nitrogen and oxygen atoms in total. The molecule has 1 saturated carbocycles. The van der Waals surface area contributed by atoms with Gasteiger partial charge in [0.1, 0.15) is 17.3 Å². The number of ether oxygens (including phenoxy) is 3. The van der Waals surface area contributed by atoms with Gasteiger partial charge in [-0.1, -0.05) is 12.1 Å². The number of hydrogen-bond acceptors (Lipinski definition) is 7. The molecular weight excluding hydrogens is 485 g/mol. The number of carboxylic acid groups (broad SMARTS) is 2. The molecule has 1 heterocycles. The highest BCUT2D eigenvalue weighted by Crippen LogP contribution is 2.56. The van der Waals surface area contributed by atoms with Crippen LogP contribution in [0.1, 0.15) is 17.7 Å². The van der Waals surface area contributed by atoms with E-state index in [0.717, 1.165) is 11.3 Å². The van der Waals surface area contributed by atoms with Gasteiger partial charge in [-0.05, 0) is 60.5 Å². The van der Waals surface area contributed by atoms with Gasteiger partial charge in [0.25, 0.3) is 0 Å². The van der Waals surface area contributed by atoms with E-state index in [4.69, 9.17) is 34.0 Å². The lowest BCUT2D eigenvalue weighted by Gasteiger charge is -2.20. The van der Waals surface area contributed by atoms with Gasteiger partial charge < -0.3 is 24.4 Å². The normalized spacial score (nSPS) is 17.5. The van der Waals surface area contributed by atoms with E-state index in [1.54, 1.807) is 32.5 Å². The van der Waals surface area contributed by atoms with E-state index in [1.807, 2.05) is 36.4 Å². The number of Topliss-reactive ketones (excluding diaryl/α,β-unsaturated/α-hetero) is 1. The van der Waals surface area contributed by atoms with E-state index < -0.39 is 17.4 Å². The maximum Gasteiger partial charge on any atom is 0.414 e. The molecule has 0 spiro atoms. The third kappa shape index (κ3) is 6.81. The Kier molecular flexibility index (Phi) is 8.78. The number of carbonyl (C=O) groups is 3. The highest BCUT2D eigenvalue weighted by atomic mass is 19.1. The molecule has 1 aromatic heterocycles. The summed E-state index contributed by atoms with van der Waals surface area (Å²) in [5, 5.41) is 14.8. The Balaban J connectivity index is 0.000000568. The van der Waals surface area contributed by atoms with E-state index in [-0.39, 0.29) is 23.9 Å². The number of rotatable bonds is 9. The van der Waals surface area contributed by atoms with Gasteiger partial charge in [0.2, 0.25) is 0 Å². The largest absolute Gasteiger partial charge is 0.493 e. The smallest absolute Gasteiger partial charge is 0.414 e. The lowest BCUT2D eigenvalue weighted by atomic mass is 9.91. The number of carboxylic acids is 2. The molecule has 2 atom stereocenters. The lowest BCUT2D eigenvalue weighted by Crippen LogP contribution is -2.24. The number of aliphatic carboxylic acids is 2. The molecule has 0 amide bonds. The standard InChI is InChI=1S/C25H24FNO4.C2H2O4/c1-29-23-11-6-17(13-24(23)30-2)25(16-31-20-9-7-18(26)8-10-20)15-21(25)22(28)14-19-5-3-4-12-27-19;3-1(4)2(5)6/h3-13,21H,14-16H2,1-2H3;(H,3,4)(H,5,6). The van der Waals surface area contributed by atoms with Crippen LogP contribution in [0.4, 0.5) is 4.39 Å². The van der Waals surface area contributed by atoms with Crippen LogP contribution in [0.2, 0.25) is 0 Å². The summed E-state index contributed by atoms with van der Waals surface area (Å²) < 4.78 is 30.0. The summed E-state index contributed by atoms with van der Waals surface area (Å²) in [7, 11) is 3.17. The zero-order chi connectivity index (χ0) is 27.0. The van der Waals surface area contributed by atoms with Crippen LogP contribution in [0.5, 0.6) is 17.2 Å². The van der Waals surface area contributed by atoms with Gasteiger partial charge in [0, 0.05) is 29.6 Å². The predicted octanol–water partition coefficient (Wildman–Crippen LogP) is 3.54. The number of carbonyl (C=O) groups excluding carboxylic acids is 1. The molecule has 194 valence electrons. The molecule has 2 aromatic carbocycles. The van der Waals surface area contributed by atoms with Crippen LogP contribution >= 0.6 is 0 Å². The zero-order valence-electron chi connectivity index (χ0n) is 20.2. The maximum absolute atomic E-state index is 13.2. The van der Waals surface area contributed by atoms with E-state index in [9.17, 15) is 9.18 Å². The molecule has 2 unspecified atom stereocenters. The van der Waals surface area contributed by atoms with Crippen LogP contribution in [0.15, 0.2) is 66.9 Å². The van der Waals surface area contributed by atoms with E-state index in [1.165, 1.54) is 12.1 Å². The number of pyridine rings is 1. The topological polar surface area (TPSA) is 132 Å². The molecule has 0 saturated heterocycles. The van der Waals surface area contributed by atoms with Crippen molar-refractivity contribution in [2.45, 2.75) is 18.3 Å².